The average molecular weight is 199 g/mol. The summed E-state index contributed by atoms with van der Waals surface area (Å²) >= 11 is 5.89. The summed E-state index contributed by atoms with van der Waals surface area (Å²) in [6, 6.07) is 5.39. The molecule has 0 bridgehead atoms. The molecule has 0 saturated carbocycles. The second-order valence-electron chi connectivity index (χ2n) is 2.35. The molecule has 0 spiro atoms. The molecule has 0 heterocycles. The zero-order valence-corrected chi connectivity index (χ0v) is 8.30. The van der Waals surface area contributed by atoms with Crippen LogP contribution >= 0.6 is 11.6 Å². The zero-order chi connectivity index (χ0) is 9.68. The molecule has 1 aromatic rings. The van der Waals surface area contributed by atoms with Crippen LogP contribution in [0.3, 0.4) is 0 Å². The predicted octanol–water partition coefficient (Wildman–Crippen LogP) is 2.77. The maximum atomic E-state index is 5.89. The minimum Gasteiger partial charge on any atom is -0.495 e. The molecule has 0 aliphatic rings. The standard InChI is InChI=1S/C9H11ClN2O/c1-3-11-12-7-4-5-9(13-2)8(10)6-7/h3-6,12H,1-2H3/b11-3+. The number of hydrogen-bond acceptors (Lipinski definition) is 3. The molecular formula is C9H11ClN2O. The molecule has 0 unspecified atom stereocenters. The predicted molar refractivity (Wildman–Crippen MR) is 55.8 cm³/mol. The Bertz CT molecular complexity index is 312. The van der Waals surface area contributed by atoms with Gasteiger partial charge in [0, 0.05) is 6.21 Å². The monoisotopic (exact) mass is 198 g/mol. The number of rotatable bonds is 3. The first kappa shape index (κ1) is 9.86. The van der Waals surface area contributed by atoms with Crippen molar-refractivity contribution in [3.8, 4) is 5.75 Å². The lowest BCUT2D eigenvalue weighted by atomic mass is 10.3. The van der Waals surface area contributed by atoms with Crippen LogP contribution in [-0.4, -0.2) is 13.3 Å². The lowest BCUT2D eigenvalue weighted by Gasteiger charge is -2.04. The largest absolute Gasteiger partial charge is 0.495 e. The molecular weight excluding hydrogens is 188 g/mol. The fourth-order valence-corrected chi connectivity index (χ4v) is 1.13. The van der Waals surface area contributed by atoms with Crippen molar-refractivity contribution >= 4 is 23.5 Å². The third-order valence-electron chi connectivity index (χ3n) is 1.47. The number of anilines is 1. The highest BCUT2D eigenvalue weighted by atomic mass is 35.5. The van der Waals surface area contributed by atoms with Gasteiger partial charge >= 0.3 is 0 Å². The average Bonchev–Trinajstić information content (AvgIpc) is 2.15. The number of benzene rings is 1. The van der Waals surface area contributed by atoms with Crippen molar-refractivity contribution in [1.82, 2.24) is 0 Å². The summed E-state index contributed by atoms with van der Waals surface area (Å²) in [5, 5.41) is 4.43. The summed E-state index contributed by atoms with van der Waals surface area (Å²) in [5.41, 5.74) is 3.65. The number of methoxy groups -OCH3 is 1. The van der Waals surface area contributed by atoms with Gasteiger partial charge in [0.15, 0.2) is 0 Å². The van der Waals surface area contributed by atoms with Crippen molar-refractivity contribution in [2.24, 2.45) is 5.10 Å². The number of nitrogens with zero attached hydrogens (tertiary/aromatic N) is 1. The molecule has 13 heavy (non-hydrogen) atoms. The number of ether oxygens (including phenoxy) is 1. The molecule has 1 aromatic carbocycles. The van der Waals surface area contributed by atoms with Crippen LogP contribution in [0.5, 0.6) is 5.75 Å². The van der Waals surface area contributed by atoms with Crippen molar-refractivity contribution < 1.29 is 4.74 Å². The molecule has 0 aliphatic heterocycles. The van der Waals surface area contributed by atoms with Gasteiger partial charge in [0.2, 0.25) is 0 Å². The second-order valence-corrected chi connectivity index (χ2v) is 2.76. The molecule has 0 amide bonds. The summed E-state index contributed by atoms with van der Waals surface area (Å²) in [7, 11) is 1.58. The van der Waals surface area contributed by atoms with E-state index >= 15 is 0 Å². The highest BCUT2D eigenvalue weighted by Crippen LogP contribution is 2.26. The van der Waals surface area contributed by atoms with Crippen LogP contribution in [0.2, 0.25) is 5.02 Å². The Hall–Kier alpha value is -1.22. The summed E-state index contributed by atoms with van der Waals surface area (Å²) in [6.07, 6.45) is 1.66. The van der Waals surface area contributed by atoms with Crippen molar-refractivity contribution in [1.29, 1.82) is 0 Å². The van der Waals surface area contributed by atoms with Crippen LogP contribution in [0.15, 0.2) is 23.3 Å². The Morgan fingerprint density at radius 1 is 1.54 bits per heavy atom. The first-order valence-corrected chi connectivity index (χ1v) is 4.23. The number of nitrogens with one attached hydrogen (secondary N) is 1. The first-order valence-electron chi connectivity index (χ1n) is 3.85. The van der Waals surface area contributed by atoms with Crippen LogP contribution in [-0.2, 0) is 0 Å². The highest BCUT2D eigenvalue weighted by molar-refractivity contribution is 6.32. The van der Waals surface area contributed by atoms with Crippen LogP contribution in [0.4, 0.5) is 5.69 Å². The van der Waals surface area contributed by atoms with Crippen LogP contribution in [0, 0.1) is 0 Å². The molecule has 0 fully saturated rings. The lowest BCUT2D eigenvalue weighted by Crippen LogP contribution is -1.89. The molecule has 70 valence electrons. The molecule has 1 N–H and O–H groups in total. The molecule has 0 aliphatic carbocycles. The summed E-state index contributed by atoms with van der Waals surface area (Å²) < 4.78 is 5.01. The van der Waals surface area contributed by atoms with E-state index in [2.05, 4.69) is 10.5 Å². The molecule has 0 atom stereocenters. The van der Waals surface area contributed by atoms with Gasteiger partial charge in [-0.15, -0.1) is 0 Å². The van der Waals surface area contributed by atoms with E-state index in [9.17, 15) is 0 Å². The van der Waals surface area contributed by atoms with Crippen LogP contribution in [0.1, 0.15) is 6.92 Å². The molecule has 1 rings (SSSR count). The third-order valence-corrected chi connectivity index (χ3v) is 1.77. The Morgan fingerprint density at radius 3 is 2.85 bits per heavy atom. The van der Waals surface area contributed by atoms with Crippen molar-refractivity contribution in [3.05, 3.63) is 23.2 Å². The topological polar surface area (TPSA) is 33.6 Å². The molecule has 4 heteroatoms. The van der Waals surface area contributed by atoms with Crippen molar-refractivity contribution in [2.45, 2.75) is 6.92 Å². The van der Waals surface area contributed by atoms with Gasteiger partial charge < -0.3 is 4.74 Å². The van der Waals surface area contributed by atoms with E-state index in [0.29, 0.717) is 10.8 Å². The van der Waals surface area contributed by atoms with Gasteiger partial charge in [-0.25, -0.2) is 0 Å². The summed E-state index contributed by atoms with van der Waals surface area (Å²) in [5.74, 6) is 0.660. The fourth-order valence-electron chi connectivity index (χ4n) is 0.875. The first-order chi connectivity index (χ1) is 6.27. The van der Waals surface area contributed by atoms with E-state index in [0.717, 1.165) is 5.69 Å². The van der Waals surface area contributed by atoms with Gasteiger partial charge in [-0.1, -0.05) is 11.6 Å². The van der Waals surface area contributed by atoms with Gasteiger partial charge in [-0.3, -0.25) is 5.43 Å². The Morgan fingerprint density at radius 2 is 2.31 bits per heavy atom. The number of hydrazone groups is 1. The minimum atomic E-state index is 0.568. The van der Waals surface area contributed by atoms with Crippen LogP contribution < -0.4 is 10.2 Å². The van der Waals surface area contributed by atoms with E-state index in [4.69, 9.17) is 16.3 Å². The van der Waals surface area contributed by atoms with E-state index in [-0.39, 0.29) is 0 Å². The Kier molecular flexibility index (Phi) is 3.58. The van der Waals surface area contributed by atoms with Gasteiger partial charge in [0.05, 0.1) is 17.8 Å². The third kappa shape index (κ3) is 2.63. The minimum absolute atomic E-state index is 0.568. The Labute approximate surface area is 82.4 Å². The fraction of sp³-hybridized carbons (Fsp3) is 0.222. The zero-order valence-electron chi connectivity index (χ0n) is 7.54. The molecule has 0 saturated heterocycles. The highest BCUT2D eigenvalue weighted by Gasteiger charge is 1.99. The normalized spacial score (nSPS) is 10.4. The maximum Gasteiger partial charge on any atom is 0.137 e. The van der Waals surface area contributed by atoms with E-state index in [1.54, 1.807) is 25.5 Å². The van der Waals surface area contributed by atoms with Crippen molar-refractivity contribution in [3.63, 3.8) is 0 Å². The van der Waals surface area contributed by atoms with E-state index < -0.39 is 0 Å². The quantitative estimate of drug-likeness (QED) is 0.599. The van der Waals surface area contributed by atoms with Gasteiger partial charge in [0.25, 0.3) is 0 Å². The smallest absolute Gasteiger partial charge is 0.137 e. The Balaban J connectivity index is 2.83. The molecule has 3 nitrogen and oxygen atoms in total. The number of halogens is 1. The SMILES string of the molecule is C/C=N/Nc1ccc(OC)c(Cl)c1. The number of hydrogen-bond donors (Lipinski definition) is 1. The molecule has 0 radical (unpaired) electrons. The van der Waals surface area contributed by atoms with Crippen LogP contribution in [0.25, 0.3) is 0 Å². The summed E-state index contributed by atoms with van der Waals surface area (Å²) in [4.78, 5) is 0. The van der Waals surface area contributed by atoms with Gasteiger partial charge in [-0.2, -0.15) is 5.10 Å². The van der Waals surface area contributed by atoms with Gasteiger partial charge in [-0.05, 0) is 25.1 Å². The molecule has 0 aromatic heterocycles. The lowest BCUT2D eigenvalue weighted by molar-refractivity contribution is 0.415. The second kappa shape index (κ2) is 4.72. The van der Waals surface area contributed by atoms with E-state index in [1.165, 1.54) is 0 Å². The van der Waals surface area contributed by atoms with E-state index in [1.807, 2.05) is 13.0 Å². The van der Waals surface area contributed by atoms with Gasteiger partial charge in [0.1, 0.15) is 5.75 Å². The van der Waals surface area contributed by atoms with Crippen molar-refractivity contribution in [2.75, 3.05) is 12.5 Å². The summed E-state index contributed by atoms with van der Waals surface area (Å²) in [6.45, 7) is 1.83. The maximum absolute atomic E-state index is 5.89.